The van der Waals surface area contributed by atoms with Gasteiger partial charge in [-0.05, 0) is 41.8 Å². The van der Waals surface area contributed by atoms with E-state index >= 15 is 0 Å². The van der Waals surface area contributed by atoms with E-state index in [-0.39, 0.29) is 5.91 Å². The van der Waals surface area contributed by atoms with Gasteiger partial charge in [0.05, 0.1) is 5.56 Å². The molecule has 2 aromatic rings. The van der Waals surface area contributed by atoms with Crippen molar-refractivity contribution in [1.82, 2.24) is 4.90 Å². The van der Waals surface area contributed by atoms with Crippen molar-refractivity contribution in [3.8, 4) is 0 Å². The maximum absolute atomic E-state index is 12.3. The number of aryl methyl sites for hydroxylation is 1. The first-order valence-corrected chi connectivity index (χ1v) is 7.56. The van der Waals surface area contributed by atoms with E-state index in [0.29, 0.717) is 6.04 Å². The van der Waals surface area contributed by atoms with Crippen LogP contribution in [0.3, 0.4) is 0 Å². The molecule has 2 nitrogen and oxygen atoms in total. The van der Waals surface area contributed by atoms with Gasteiger partial charge in [-0.1, -0.05) is 24.3 Å². The molecule has 1 aliphatic carbocycles. The highest BCUT2D eigenvalue weighted by atomic mass is 32.1. The number of rotatable bonds is 2. The minimum atomic E-state index is 0.144. The van der Waals surface area contributed by atoms with Crippen LogP contribution in [0.4, 0.5) is 0 Å². The van der Waals surface area contributed by atoms with Crippen LogP contribution in [0.25, 0.3) is 0 Å². The second-order valence-corrected chi connectivity index (χ2v) is 5.87. The van der Waals surface area contributed by atoms with Crippen molar-refractivity contribution < 1.29 is 4.79 Å². The Balaban J connectivity index is 1.76. The number of nitrogens with zero attached hydrogens (tertiary/aromatic N) is 1. The highest BCUT2D eigenvalue weighted by Gasteiger charge is 2.25. The summed E-state index contributed by atoms with van der Waals surface area (Å²) in [5, 5.41) is 3.88. The Morgan fingerprint density at radius 1 is 1.26 bits per heavy atom. The number of thiophene rings is 1. The molecule has 1 aromatic heterocycles. The summed E-state index contributed by atoms with van der Waals surface area (Å²) in [7, 11) is 1.93. The van der Waals surface area contributed by atoms with Gasteiger partial charge in [0, 0.05) is 18.5 Å². The van der Waals surface area contributed by atoms with Gasteiger partial charge in [0.1, 0.15) is 0 Å². The van der Waals surface area contributed by atoms with Crippen LogP contribution in [0.1, 0.15) is 27.9 Å². The number of fused-ring (bicyclic) bond motifs is 1. The van der Waals surface area contributed by atoms with Gasteiger partial charge in [0.2, 0.25) is 0 Å². The second-order valence-electron chi connectivity index (χ2n) is 5.09. The third-order valence-corrected chi connectivity index (χ3v) is 4.64. The Kier molecular flexibility index (Phi) is 3.38. The molecule has 98 valence electrons. The predicted octanol–water partition coefficient (Wildman–Crippen LogP) is 3.38. The summed E-state index contributed by atoms with van der Waals surface area (Å²) in [6.45, 7) is 0. The standard InChI is InChI=1S/C16H17NOS/c1-17(16(18)14-8-9-19-11-14)15-7-6-12-4-2-3-5-13(12)10-15/h2-5,8-9,11,15H,6-7,10H2,1H3/t15-/m0/s1. The second kappa shape index (κ2) is 5.17. The van der Waals surface area contributed by atoms with E-state index < -0.39 is 0 Å². The Bertz CT molecular complexity index is 576. The monoisotopic (exact) mass is 271 g/mol. The zero-order chi connectivity index (χ0) is 13.2. The quantitative estimate of drug-likeness (QED) is 0.820. The highest BCUT2D eigenvalue weighted by Crippen LogP contribution is 2.25. The number of carbonyl (C=O) groups is 1. The molecular formula is C16H17NOS. The Morgan fingerprint density at radius 3 is 2.79 bits per heavy atom. The maximum Gasteiger partial charge on any atom is 0.254 e. The summed E-state index contributed by atoms with van der Waals surface area (Å²) < 4.78 is 0. The van der Waals surface area contributed by atoms with E-state index in [9.17, 15) is 4.79 Å². The molecule has 1 amide bonds. The smallest absolute Gasteiger partial charge is 0.254 e. The van der Waals surface area contributed by atoms with Crippen LogP contribution in [0.5, 0.6) is 0 Å². The van der Waals surface area contributed by atoms with Crippen molar-refractivity contribution in [3.05, 3.63) is 57.8 Å². The lowest BCUT2D eigenvalue weighted by atomic mass is 9.87. The first-order valence-electron chi connectivity index (χ1n) is 6.62. The molecule has 0 saturated heterocycles. The molecular weight excluding hydrogens is 254 g/mol. The van der Waals surface area contributed by atoms with Crippen molar-refractivity contribution in [2.75, 3.05) is 7.05 Å². The first-order chi connectivity index (χ1) is 9.25. The summed E-state index contributed by atoms with van der Waals surface area (Å²) in [5.74, 6) is 0.144. The maximum atomic E-state index is 12.3. The van der Waals surface area contributed by atoms with E-state index in [1.807, 2.05) is 28.8 Å². The van der Waals surface area contributed by atoms with Crippen LogP contribution in [-0.2, 0) is 12.8 Å². The van der Waals surface area contributed by atoms with E-state index in [2.05, 4.69) is 24.3 Å². The average molecular weight is 271 g/mol. The van der Waals surface area contributed by atoms with Gasteiger partial charge in [-0.25, -0.2) is 0 Å². The van der Waals surface area contributed by atoms with Crippen LogP contribution in [0, 0.1) is 0 Å². The fourth-order valence-corrected chi connectivity index (χ4v) is 3.39. The normalized spacial score (nSPS) is 17.8. The van der Waals surface area contributed by atoms with Gasteiger partial charge in [-0.3, -0.25) is 4.79 Å². The summed E-state index contributed by atoms with van der Waals surface area (Å²) in [6, 6.07) is 10.8. The lowest BCUT2D eigenvalue weighted by Gasteiger charge is -2.32. The molecule has 0 aliphatic heterocycles. The molecule has 1 aliphatic rings. The lowest BCUT2D eigenvalue weighted by molar-refractivity contribution is 0.0719. The van der Waals surface area contributed by atoms with Gasteiger partial charge >= 0.3 is 0 Å². The molecule has 0 bridgehead atoms. The molecule has 3 heteroatoms. The molecule has 1 aromatic carbocycles. The Morgan fingerprint density at radius 2 is 2.05 bits per heavy atom. The predicted molar refractivity (Wildman–Crippen MR) is 78.7 cm³/mol. The van der Waals surface area contributed by atoms with Crippen molar-refractivity contribution in [1.29, 1.82) is 0 Å². The molecule has 0 unspecified atom stereocenters. The van der Waals surface area contributed by atoms with Crippen molar-refractivity contribution in [3.63, 3.8) is 0 Å². The minimum absolute atomic E-state index is 0.144. The third-order valence-electron chi connectivity index (χ3n) is 3.96. The number of amides is 1. The molecule has 3 rings (SSSR count). The van der Waals surface area contributed by atoms with E-state index in [4.69, 9.17) is 0 Å². The average Bonchev–Trinajstić information content (AvgIpc) is 2.99. The van der Waals surface area contributed by atoms with Gasteiger partial charge in [0.25, 0.3) is 5.91 Å². The van der Waals surface area contributed by atoms with Crippen molar-refractivity contribution in [2.45, 2.75) is 25.3 Å². The molecule has 1 heterocycles. The Labute approximate surface area is 117 Å². The highest BCUT2D eigenvalue weighted by molar-refractivity contribution is 7.08. The van der Waals surface area contributed by atoms with Gasteiger partial charge < -0.3 is 4.90 Å². The molecule has 1 atom stereocenters. The zero-order valence-electron chi connectivity index (χ0n) is 11.0. The molecule has 0 spiro atoms. The summed E-state index contributed by atoms with van der Waals surface area (Å²) >= 11 is 1.57. The molecule has 0 fully saturated rings. The van der Waals surface area contributed by atoms with Crippen LogP contribution >= 0.6 is 11.3 Å². The fourth-order valence-electron chi connectivity index (χ4n) is 2.76. The lowest BCUT2D eigenvalue weighted by Crippen LogP contribution is -2.40. The fraction of sp³-hybridized carbons (Fsp3) is 0.312. The third kappa shape index (κ3) is 2.43. The van der Waals surface area contributed by atoms with Crippen molar-refractivity contribution in [2.24, 2.45) is 0 Å². The SMILES string of the molecule is CN(C(=O)c1ccsc1)[C@H]1CCc2ccccc2C1. The number of hydrogen-bond acceptors (Lipinski definition) is 2. The van der Waals surface area contributed by atoms with Gasteiger partial charge in [-0.2, -0.15) is 11.3 Å². The number of hydrogen-bond donors (Lipinski definition) is 0. The van der Waals surface area contributed by atoms with Crippen LogP contribution in [0.2, 0.25) is 0 Å². The number of benzene rings is 1. The van der Waals surface area contributed by atoms with E-state index in [1.54, 1.807) is 11.3 Å². The molecule has 19 heavy (non-hydrogen) atoms. The summed E-state index contributed by atoms with van der Waals surface area (Å²) in [5.41, 5.74) is 3.64. The number of likely N-dealkylation sites (N-methyl/N-ethyl adjacent to an activating group) is 1. The van der Waals surface area contributed by atoms with Gasteiger partial charge in [-0.15, -0.1) is 0 Å². The van der Waals surface area contributed by atoms with E-state index in [0.717, 1.165) is 24.8 Å². The zero-order valence-corrected chi connectivity index (χ0v) is 11.8. The summed E-state index contributed by atoms with van der Waals surface area (Å²) in [4.78, 5) is 14.3. The van der Waals surface area contributed by atoms with Gasteiger partial charge in [0.15, 0.2) is 0 Å². The van der Waals surface area contributed by atoms with E-state index in [1.165, 1.54) is 11.1 Å². The van der Waals surface area contributed by atoms with Crippen molar-refractivity contribution >= 4 is 17.2 Å². The summed E-state index contributed by atoms with van der Waals surface area (Å²) in [6.07, 6.45) is 3.11. The Hall–Kier alpha value is -1.61. The molecule has 0 radical (unpaired) electrons. The minimum Gasteiger partial charge on any atom is -0.338 e. The van der Waals surface area contributed by atoms with Crippen LogP contribution < -0.4 is 0 Å². The topological polar surface area (TPSA) is 20.3 Å². The first kappa shape index (κ1) is 12.4. The largest absolute Gasteiger partial charge is 0.338 e. The van der Waals surface area contributed by atoms with Crippen LogP contribution in [0.15, 0.2) is 41.1 Å². The number of carbonyl (C=O) groups excluding carboxylic acids is 1. The van der Waals surface area contributed by atoms with Crippen LogP contribution in [-0.4, -0.2) is 23.9 Å². The molecule has 0 N–H and O–H groups in total. The molecule has 0 saturated carbocycles.